The monoisotopic (exact) mass is 290 g/mol. The Kier molecular flexibility index (Phi) is 5.13. The van der Waals surface area contributed by atoms with E-state index in [1.165, 1.54) is 0 Å². The van der Waals surface area contributed by atoms with Crippen LogP contribution in [0.3, 0.4) is 0 Å². The molecular weight excluding hydrogens is 264 g/mol. The zero-order chi connectivity index (χ0) is 13.4. The Morgan fingerprint density at radius 3 is 2.37 bits per heavy atom. The first-order valence-electron chi connectivity index (χ1n) is 7.03. The quantitative estimate of drug-likeness (QED) is 0.746. The van der Waals surface area contributed by atoms with Crippen LogP contribution in [0.25, 0.3) is 0 Å². The minimum atomic E-state index is -0.401. The summed E-state index contributed by atoms with van der Waals surface area (Å²) in [5.41, 5.74) is 5.88. The van der Waals surface area contributed by atoms with E-state index in [9.17, 15) is 4.79 Å². The molecule has 2 fully saturated rings. The van der Waals surface area contributed by atoms with Gasteiger partial charge in [0.25, 0.3) is 0 Å². The molecule has 2 rings (SSSR count). The first kappa shape index (κ1) is 16.6. The third-order valence-corrected chi connectivity index (χ3v) is 4.18. The molecule has 1 aliphatic heterocycles. The maximum Gasteiger partial charge on any atom is 0.410 e. The standard InChI is InChI=1S/C14H26N2O2.ClH/c1-13(2,3)18-12(17)16-9-8-14(10-16)6-4-11(15)5-7-14;/h11H,4-10,15H2,1-3H3;1H. The van der Waals surface area contributed by atoms with Crippen LogP contribution in [0.2, 0.25) is 0 Å². The summed E-state index contributed by atoms with van der Waals surface area (Å²) in [7, 11) is 0. The first-order valence-corrected chi connectivity index (χ1v) is 7.03. The van der Waals surface area contributed by atoms with Crippen molar-refractivity contribution in [3.05, 3.63) is 0 Å². The van der Waals surface area contributed by atoms with E-state index < -0.39 is 5.60 Å². The number of hydrogen-bond donors (Lipinski definition) is 1. The molecule has 19 heavy (non-hydrogen) atoms. The summed E-state index contributed by atoms with van der Waals surface area (Å²) >= 11 is 0. The van der Waals surface area contributed by atoms with E-state index in [1.807, 2.05) is 25.7 Å². The lowest BCUT2D eigenvalue weighted by Crippen LogP contribution is -2.39. The fourth-order valence-corrected chi connectivity index (χ4v) is 3.08. The van der Waals surface area contributed by atoms with Gasteiger partial charge in [0.1, 0.15) is 5.60 Å². The summed E-state index contributed by atoms with van der Waals surface area (Å²) in [6.45, 7) is 7.43. The molecule has 0 unspecified atom stereocenters. The highest BCUT2D eigenvalue weighted by Gasteiger charge is 2.42. The molecule has 0 aromatic rings. The summed E-state index contributed by atoms with van der Waals surface area (Å²) in [6.07, 6.45) is 5.47. The zero-order valence-corrected chi connectivity index (χ0v) is 13.1. The van der Waals surface area contributed by atoms with E-state index in [4.69, 9.17) is 10.5 Å². The van der Waals surface area contributed by atoms with Gasteiger partial charge in [0.15, 0.2) is 0 Å². The molecule has 0 radical (unpaired) electrons. The smallest absolute Gasteiger partial charge is 0.410 e. The fraction of sp³-hybridized carbons (Fsp3) is 0.929. The van der Waals surface area contributed by atoms with Gasteiger partial charge in [-0.2, -0.15) is 0 Å². The van der Waals surface area contributed by atoms with Crippen LogP contribution in [0.4, 0.5) is 4.79 Å². The second-order valence-electron chi connectivity index (χ2n) is 6.99. The van der Waals surface area contributed by atoms with Crippen LogP contribution in [-0.4, -0.2) is 35.7 Å². The van der Waals surface area contributed by atoms with Crippen molar-refractivity contribution in [1.29, 1.82) is 0 Å². The molecule has 1 aliphatic carbocycles. The van der Waals surface area contributed by atoms with Crippen LogP contribution < -0.4 is 5.73 Å². The Bertz CT molecular complexity index is 320. The topological polar surface area (TPSA) is 55.6 Å². The van der Waals surface area contributed by atoms with Gasteiger partial charge in [-0.3, -0.25) is 0 Å². The van der Waals surface area contributed by atoms with E-state index in [0.717, 1.165) is 45.2 Å². The molecule has 1 spiro atoms. The number of rotatable bonds is 0. The van der Waals surface area contributed by atoms with E-state index in [2.05, 4.69) is 0 Å². The van der Waals surface area contributed by atoms with Crippen molar-refractivity contribution in [2.45, 2.75) is 64.5 Å². The van der Waals surface area contributed by atoms with Crippen LogP contribution in [-0.2, 0) is 4.74 Å². The lowest BCUT2D eigenvalue weighted by molar-refractivity contribution is 0.0261. The predicted octanol–water partition coefficient (Wildman–Crippen LogP) is 2.94. The molecular formula is C14H27ClN2O2. The molecule has 2 aliphatic rings. The van der Waals surface area contributed by atoms with Gasteiger partial charge in [-0.25, -0.2) is 4.79 Å². The van der Waals surface area contributed by atoms with Crippen molar-refractivity contribution in [3.8, 4) is 0 Å². The van der Waals surface area contributed by atoms with Gasteiger partial charge < -0.3 is 15.4 Å². The number of nitrogens with two attached hydrogens (primary N) is 1. The number of halogens is 1. The molecule has 1 heterocycles. The van der Waals surface area contributed by atoms with Crippen molar-refractivity contribution >= 4 is 18.5 Å². The maximum absolute atomic E-state index is 12.0. The molecule has 1 amide bonds. The van der Waals surface area contributed by atoms with Crippen LogP contribution >= 0.6 is 12.4 Å². The third-order valence-electron chi connectivity index (χ3n) is 4.18. The van der Waals surface area contributed by atoms with Gasteiger partial charge in [-0.15, -0.1) is 12.4 Å². The van der Waals surface area contributed by atoms with Gasteiger partial charge >= 0.3 is 6.09 Å². The number of carbonyl (C=O) groups is 1. The third kappa shape index (κ3) is 4.25. The van der Waals surface area contributed by atoms with Crippen LogP contribution in [0, 0.1) is 5.41 Å². The molecule has 1 saturated carbocycles. The summed E-state index contributed by atoms with van der Waals surface area (Å²) in [5.74, 6) is 0. The molecule has 0 aromatic carbocycles. The Morgan fingerprint density at radius 2 is 1.84 bits per heavy atom. The van der Waals surface area contributed by atoms with Crippen LogP contribution in [0.1, 0.15) is 52.9 Å². The molecule has 4 nitrogen and oxygen atoms in total. The Hall–Kier alpha value is -0.480. The summed E-state index contributed by atoms with van der Waals surface area (Å²) in [5, 5.41) is 0. The SMILES string of the molecule is CC(C)(C)OC(=O)N1CCC2(CCC(N)CC2)C1.Cl. The molecule has 2 N–H and O–H groups in total. The number of likely N-dealkylation sites (tertiary alicyclic amines) is 1. The van der Waals surface area contributed by atoms with Crippen LogP contribution in [0.15, 0.2) is 0 Å². The average Bonchev–Trinajstić information content (AvgIpc) is 2.65. The molecule has 0 bridgehead atoms. The highest BCUT2D eigenvalue weighted by Crippen LogP contribution is 2.43. The summed E-state index contributed by atoms with van der Waals surface area (Å²) in [6, 6.07) is 0.367. The molecule has 1 saturated heterocycles. The van der Waals surface area contributed by atoms with E-state index in [1.54, 1.807) is 0 Å². The summed E-state index contributed by atoms with van der Waals surface area (Å²) < 4.78 is 5.44. The lowest BCUT2D eigenvalue weighted by atomic mass is 9.72. The Morgan fingerprint density at radius 1 is 1.26 bits per heavy atom. The highest BCUT2D eigenvalue weighted by molar-refractivity contribution is 5.85. The average molecular weight is 291 g/mol. The Labute approximate surface area is 122 Å². The minimum Gasteiger partial charge on any atom is -0.444 e. The fourth-order valence-electron chi connectivity index (χ4n) is 3.08. The lowest BCUT2D eigenvalue weighted by Gasteiger charge is -2.36. The number of amides is 1. The number of hydrogen-bond acceptors (Lipinski definition) is 3. The zero-order valence-electron chi connectivity index (χ0n) is 12.3. The molecule has 0 atom stereocenters. The van der Waals surface area contributed by atoms with Gasteiger partial charge in [-0.1, -0.05) is 0 Å². The van der Waals surface area contributed by atoms with Crippen molar-refractivity contribution in [2.24, 2.45) is 11.1 Å². The minimum absolute atomic E-state index is 0. The maximum atomic E-state index is 12.0. The number of nitrogens with zero attached hydrogens (tertiary/aromatic N) is 1. The van der Waals surface area contributed by atoms with E-state index in [-0.39, 0.29) is 18.5 Å². The van der Waals surface area contributed by atoms with Crippen molar-refractivity contribution in [3.63, 3.8) is 0 Å². The van der Waals surface area contributed by atoms with Crippen molar-refractivity contribution in [1.82, 2.24) is 4.90 Å². The molecule has 5 heteroatoms. The largest absolute Gasteiger partial charge is 0.444 e. The van der Waals surface area contributed by atoms with Gasteiger partial charge in [0.2, 0.25) is 0 Å². The molecule has 112 valence electrons. The van der Waals surface area contributed by atoms with Crippen molar-refractivity contribution < 1.29 is 9.53 Å². The van der Waals surface area contributed by atoms with Crippen LogP contribution in [0.5, 0.6) is 0 Å². The number of carbonyl (C=O) groups excluding carboxylic acids is 1. The van der Waals surface area contributed by atoms with Crippen molar-refractivity contribution in [2.75, 3.05) is 13.1 Å². The number of ether oxygens (including phenoxy) is 1. The first-order chi connectivity index (χ1) is 8.30. The Balaban J connectivity index is 0.00000180. The highest BCUT2D eigenvalue weighted by atomic mass is 35.5. The second-order valence-corrected chi connectivity index (χ2v) is 6.99. The van der Waals surface area contributed by atoms with Gasteiger partial charge in [-0.05, 0) is 58.3 Å². The van der Waals surface area contributed by atoms with E-state index in [0.29, 0.717) is 11.5 Å². The normalized spacial score (nSPS) is 31.2. The summed E-state index contributed by atoms with van der Waals surface area (Å²) in [4.78, 5) is 13.9. The predicted molar refractivity (Wildman–Crippen MR) is 78.5 cm³/mol. The second kappa shape index (κ2) is 5.88. The van der Waals surface area contributed by atoms with Gasteiger partial charge in [0, 0.05) is 19.1 Å². The molecule has 0 aromatic heterocycles. The van der Waals surface area contributed by atoms with Gasteiger partial charge in [0.05, 0.1) is 0 Å². The van der Waals surface area contributed by atoms with E-state index >= 15 is 0 Å².